The molecule has 5 nitrogen and oxygen atoms in total. The summed E-state index contributed by atoms with van der Waals surface area (Å²) in [6, 6.07) is 0. The highest BCUT2D eigenvalue weighted by Gasteiger charge is 2.42. The zero-order chi connectivity index (χ0) is 15.4. The van der Waals surface area contributed by atoms with E-state index in [9.17, 15) is 26.0 Å². The summed E-state index contributed by atoms with van der Waals surface area (Å²) in [4.78, 5) is 0. The third-order valence-electron chi connectivity index (χ3n) is 3.22. The molecule has 0 aromatic carbocycles. The van der Waals surface area contributed by atoms with Gasteiger partial charge in [-0.3, -0.25) is 0 Å². The van der Waals surface area contributed by atoms with Gasteiger partial charge in [0.15, 0.2) is 0 Å². The second-order valence-electron chi connectivity index (χ2n) is 4.79. The summed E-state index contributed by atoms with van der Waals surface area (Å²) in [6.45, 7) is -0.446. The fourth-order valence-corrected chi connectivity index (χ4v) is 3.25. The molecule has 0 radical (unpaired) electrons. The average Bonchev–Trinajstić information content (AvgIpc) is 2.38. The lowest BCUT2D eigenvalue weighted by Gasteiger charge is -2.31. The van der Waals surface area contributed by atoms with Crippen LogP contribution in [-0.4, -0.2) is 58.3 Å². The minimum atomic E-state index is -4.36. The smallest absolute Gasteiger partial charge is 0.319 e. The van der Waals surface area contributed by atoms with Crippen LogP contribution in [0.2, 0.25) is 0 Å². The molecule has 0 aromatic heterocycles. The van der Waals surface area contributed by atoms with Gasteiger partial charge >= 0.3 is 12.3 Å². The van der Waals surface area contributed by atoms with Crippen molar-refractivity contribution >= 4 is 10.2 Å². The minimum Gasteiger partial charge on any atom is -0.319 e. The van der Waals surface area contributed by atoms with Crippen molar-refractivity contribution < 1.29 is 26.0 Å². The monoisotopic (exact) mass is 321 g/mol. The highest BCUT2D eigenvalue weighted by Crippen LogP contribution is 2.23. The Morgan fingerprint density at radius 2 is 1.85 bits per heavy atom. The van der Waals surface area contributed by atoms with Crippen LogP contribution >= 0.6 is 0 Å². The lowest BCUT2D eigenvalue weighted by Crippen LogP contribution is -2.50. The van der Waals surface area contributed by atoms with E-state index in [4.69, 9.17) is 0 Å². The van der Waals surface area contributed by atoms with Crippen molar-refractivity contribution in [3.63, 3.8) is 0 Å². The normalized spacial score (nSPS) is 19.7. The molecule has 1 aliphatic rings. The third kappa shape index (κ3) is 4.83. The maximum atomic E-state index is 12.7. The zero-order valence-corrected chi connectivity index (χ0v) is 11.9. The molecule has 120 valence electrons. The van der Waals surface area contributed by atoms with E-state index in [-0.39, 0.29) is 13.1 Å². The van der Waals surface area contributed by atoms with E-state index >= 15 is 0 Å². The van der Waals surface area contributed by atoms with Crippen molar-refractivity contribution in [1.29, 1.82) is 0 Å². The standard InChI is InChI=1S/C10H19F4N3O2S/c1-15-6-8-2-4-17(5-3-8)20(18,19)16-7-10(13,14)9(11)12/h8-9,15-16H,2-7H2,1H3. The van der Waals surface area contributed by atoms with E-state index in [2.05, 4.69) is 5.32 Å². The predicted octanol–water partition coefficient (Wildman–Crippen LogP) is 0.653. The van der Waals surface area contributed by atoms with E-state index in [0.29, 0.717) is 18.8 Å². The Balaban J connectivity index is 2.50. The SMILES string of the molecule is CNCC1CCN(S(=O)(=O)NCC(F)(F)C(F)F)CC1. The molecule has 10 heteroatoms. The molecule has 1 heterocycles. The Morgan fingerprint density at radius 1 is 1.30 bits per heavy atom. The number of piperidine rings is 1. The molecular weight excluding hydrogens is 302 g/mol. The lowest BCUT2D eigenvalue weighted by molar-refractivity contribution is -0.122. The van der Waals surface area contributed by atoms with Crippen LogP contribution < -0.4 is 10.0 Å². The number of nitrogens with zero attached hydrogens (tertiary/aromatic N) is 1. The predicted molar refractivity (Wildman–Crippen MR) is 66.1 cm³/mol. The van der Waals surface area contributed by atoms with Crippen LogP contribution in [0.5, 0.6) is 0 Å². The van der Waals surface area contributed by atoms with Gasteiger partial charge in [0, 0.05) is 13.1 Å². The van der Waals surface area contributed by atoms with Crippen molar-refractivity contribution in [1.82, 2.24) is 14.3 Å². The number of hydrogen-bond acceptors (Lipinski definition) is 3. The van der Waals surface area contributed by atoms with Crippen LogP contribution in [0.15, 0.2) is 0 Å². The lowest BCUT2D eigenvalue weighted by atomic mass is 9.98. The molecule has 1 rings (SSSR count). The van der Waals surface area contributed by atoms with E-state index in [1.807, 2.05) is 0 Å². The number of hydrogen-bond donors (Lipinski definition) is 2. The van der Waals surface area contributed by atoms with Crippen molar-refractivity contribution in [3.8, 4) is 0 Å². The third-order valence-corrected chi connectivity index (χ3v) is 4.77. The Labute approximate surface area is 115 Å². The highest BCUT2D eigenvalue weighted by molar-refractivity contribution is 7.87. The molecule has 2 N–H and O–H groups in total. The Morgan fingerprint density at radius 3 is 2.30 bits per heavy atom. The molecule has 1 fully saturated rings. The Kier molecular flexibility index (Phi) is 6.17. The van der Waals surface area contributed by atoms with Crippen molar-refractivity contribution in [2.75, 3.05) is 33.2 Å². The molecule has 0 saturated carbocycles. The molecule has 1 saturated heterocycles. The topological polar surface area (TPSA) is 61.4 Å². The fraction of sp³-hybridized carbons (Fsp3) is 1.00. The van der Waals surface area contributed by atoms with Crippen LogP contribution in [-0.2, 0) is 10.2 Å². The molecule has 0 spiro atoms. The summed E-state index contributed by atoms with van der Waals surface area (Å²) >= 11 is 0. The van der Waals surface area contributed by atoms with E-state index in [0.717, 1.165) is 10.8 Å². The zero-order valence-electron chi connectivity index (χ0n) is 11.1. The second-order valence-corrected chi connectivity index (χ2v) is 6.54. The molecule has 0 aliphatic carbocycles. The Bertz CT molecular complexity index is 397. The maximum absolute atomic E-state index is 12.7. The first-order valence-electron chi connectivity index (χ1n) is 6.24. The van der Waals surface area contributed by atoms with Crippen LogP contribution in [0.25, 0.3) is 0 Å². The van der Waals surface area contributed by atoms with Gasteiger partial charge in [0.25, 0.3) is 10.2 Å². The first-order chi connectivity index (χ1) is 9.19. The van der Waals surface area contributed by atoms with E-state index in [1.165, 1.54) is 0 Å². The number of halogens is 4. The summed E-state index contributed by atoms with van der Waals surface area (Å²) in [5.74, 6) is -4.04. The summed E-state index contributed by atoms with van der Waals surface area (Å²) in [6.07, 6.45) is -2.69. The molecule has 20 heavy (non-hydrogen) atoms. The summed E-state index contributed by atoms with van der Waals surface area (Å²) in [7, 11) is -2.35. The number of alkyl halides is 4. The summed E-state index contributed by atoms with van der Waals surface area (Å²) in [5, 5.41) is 2.98. The van der Waals surface area contributed by atoms with Crippen molar-refractivity contribution in [3.05, 3.63) is 0 Å². The van der Waals surface area contributed by atoms with Crippen molar-refractivity contribution in [2.24, 2.45) is 5.92 Å². The van der Waals surface area contributed by atoms with E-state index in [1.54, 1.807) is 11.8 Å². The van der Waals surface area contributed by atoms with Gasteiger partial charge in [0.05, 0.1) is 6.54 Å². The van der Waals surface area contributed by atoms with Gasteiger partial charge in [-0.15, -0.1) is 0 Å². The molecule has 0 bridgehead atoms. The van der Waals surface area contributed by atoms with Crippen LogP contribution in [0.4, 0.5) is 17.6 Å². The maximum Gasteiger partial charge on any atom is 0.320 e. The highest BCUT2D eigenvalue weighted by atomic mass is 32.2. The van der Waals surface area contributed by atoms with E-state index < -0.39 is 29.1 Å². The van der Waals surface area contributed by atoms with Gasteiger partial charge in [0.2, 0.25) is 0 Å². The van der Waals surface area contributed by atoms with Gasteiger partial charge in [-0.2, -0.15) is 26.2 Å². The first-order valence-corrected chi connectivity index (χ1v) is 7.68. The number of nitrogens with one attached hydrogen (secondary N) is 2. The Hall–Kier alpha value is -0.450. The van der Waals surface area contributed by atoms with Gasteiger partial charge in [-0.05, 0) is 32.4 Å². The summed E-state index contributed by atoms with van der Waals surface area (Å²) in [5.41, 5.74) is 0. The molecule has 0 unspecified atom stereocenters. The second kappa shape index (κ2) is 7.01. The largest absolute Gasteiger partial charge is 0.320 e. The van der Waals surface area contributed by atoms with Crippen LogP contribution in [0.3, 0.4) is 0 Å². The van der Waals surface area contributed by atoms with Crippen molar-refractivity contribution in [2.45, 2.75) is 25.2 Å². The number of rotatable bonds is 7. The molecule has 1 aliphatic heterocycles. The van der Waals surface area contributed by atoms with Gasteiger partial charge < -0.3 is 5.32 Å². The van der Waals surface area contributed by atoms with Gasteiger partial charge in [0.1, 0.15) is 0 Å². The first kappa shape index (κ1) is 17.6. The minimum absolute atomic E-state index is 0.196. The van der Waals surface area contributed by atoms with Crippen LogP contribution in [0, 0.1) is 5.92 Å². The van der Waals surface area contributed by atoms with Gasteiger partial charge in [-0.25, -0.2) is 8.78 Å². The molecule has 0 aromatic rings. The molecule has 0 atom stereocenters. The molecular formula is C10H19F4N3O2S. The fourth-order valence-electron chi connectivity index (χ4n) is 2.00. The quantitative estimate of drug-likeness (QED) is 0.677. The van der Waals surface area contributed by atoms with Gasteiger partial charge in [-0.1, -0.05) is 0 Å². The molecule has 0 amide bonds. The van der Waals surface area contributed by atoms with Crippen LogP contribution in [0.1, 0.15) is 12.8 Å². The average molecular weight is 321 g/mol. The summed E-state index contributed by atoms with van der Waals surface area (Å²) < 4.78 is 75.4.